The van der Waals surface area contributed by atoms with Crippen molar-refractivity contribution in [3.8, 4) is 0 Å². The van der Waals surface area contributed by atoms with Gasteiger partial charge in [-0.15, -0.1) is 0 Å². The first-order valence-corrected chi connectivity index (χ1v) is 11.4. The molecule has 1 fully saturated rings. The lowest BCUT2D eigenvalue weighted by molar-refractivity contribution is -0.126. The minimum Gasteiger partial charge on any atom is -0.459 e. The van der Waals surface area contributed by atoms with E-state index >= 15 is 0 Å². The first-order valence-electron chi connectivity index (χ1n) is 11.4. The molecule has 0 unspecified atom stereocenters. The largest absolute Gasteiger partial charge is 0.459 e. The molecule has 1 heterocycles. The summed E-state index contributed by atoms with van der Waals surface area (Å²) < 4.78 is 32.9. The monoisotopic (exact) mass is 481 g/mol. The minimum absolute atomic E-state index is 0.0177. The first-order chi connectivity index (χ1) is 16.9. The Bertz CT molecular complexity index is 1180. The zero-order valence-corrected chi connectivity index (χ0v) is 18.9. The summed E-state index contributed by atoms with van der Waals surface area (Å²) in [4.78, 5) is 40.4. The predicted octanol–water partition coefficient (Wildman–Crippen LogP) is 4.12. The zero-order chi connectivity index (χ0) is 24.8. The van der Waals surface area contributed by atoms with Crippen molar-refractivity contribution in [2.24, 2.45) is 0 Å². The Morgan fingerprint density at radius 3 is 2.37 bits per heavy atom. The number of furan rings is 1. The molecule has 1 aromatic heterocycles. The molecule has 9 heteroatoms. The topological polar surface area (TPSA) is 91.7 Å². The third kappa shape index (κ3) is 5.92. The van der Waals surface area contributed by atoms with Gasteiger partial charge in [0.15, 0.2) is 5.76 Å². The van der Waals surface area contributed by atoms with Crippen molar-refractivity contribution in [1.82, 2.24) is 10.6 Å². The fraction of sp³-hybridized carbons (Fsp3) is 0.269. The number of carbonyl (C=O) groups excluding carboxylic acids is 3. The molecule has 35 heavy (non-hydrogen) atoms. The van der Waals surface area contributed by atoms with Crippen LogP contribution < -0.4 is 15.5 Å². The summed E-state index contributed by atoms with van der Waals surface area (Å²) in [6.07, 6.45) is 4.92. The summed E-state index contributed by atoms with van der Waals surface area (Å²) in [6.45, 7) is -0.482. The molecule has 7 nitrogen and oxygen atoms in total. The van der Waals surface area contributed by atoms with Gasteiger partial charge in [0.1, 0.15) is 17.7 Å². The molecule has 182 valence electrons. The van der Waals surface area contributed by atoms with Crippen LogP contribution in [0.5, 0.6) is 0 Å². The van der Waals surface area contributed by atoms with Crippen molar-refractivity contribution in [2.75, 3.05) is 11.4 Å². The summed E-state index contributed by atoms with van der Waals surface area (Å²) in [5.74, 6) is -2.84. The van der Waals surface area contributed by atoms with Gasteiger partial charge in [0.25, 0.3) is 5.91 Å². The van der Waals surface area contributed by atoms with Gasteiger partial charge in [-0.25, -0.2) is 8.78 Å². The van der Waals surface area contributed by atoms with Crippen LogP contribution in [0.1, 0.15) is 47.8 Å². The molecule has 3 aromatic rings. The lowest BCUT2D eigenvalue weighted by Crippen LogP contribution is -2.49. The highest BCUT2D eigenvalue weighted by Gasteiger charge is 2.34. The summed E-state index contributed by atoms with van der Waals surface area (Å²) in [6, 6.07) is 12.2. The van der Waals surface area contributed by atoms with Gasteiger partial charge in [0, 0.05) is 11.7 Å². The average molecular weight is 481 g/mol. The van der Waals surface area contributed by atoms with E-state index in [0.717, 1.165) is 36.6 Å². The number of anilines is 1. The molecular formula is C26H25F2N3O4. The van der Waals surface area contributed by atoms with Crippen LogP contribution in [0, 0.1) is 11.6 Å². The summed E-state index contributed by atoms with van der Waals surface area (Å²) in [5, 5.41) is 5.44. The molecule has 0 saturated heterocycles. The second kappa shape index (κ2) is 10.9. The molecule has 0 aliphatic heterocycles. The number of rotatable bonds is 8. The lowest BCUT2D eigenvalue weighted by atomic mass is 10.0. The van der Waals surface area contributed by atoms with Crippen molar-refractivity contribution in [1.29, 1.82) is 0 Å². The number of halogens is 2. The van der Waals surface area contributed by atoms with Crippen molar-refractivity contribution < 1.29 is 27.6 Å². The van der Waals surface area contributed by atoms with Crippen LogP contribution in [-0.2, 0) is 9.59 Å². The number of amides is 3. The number of hydrogen-bond acceptors (Lipinski definition) is 4. The molecule has 3 amide bonds. The number of benzene rings is 2. The first kappa shape index (κ1) is 24.1. The van der Waals surface area contributed by atoms with E-state index in [-0.39, 0.29) is 17.5 Å². The number of nitrogens with one attached hydrogen (secondary N) is 2. The van der Waals surface area contributed by atoms with Crippen molar-refractivity contribution in [3.63, 3.8) is 0 Å². The van der Waals surface area contributed by atoms with Crippen LogP contribution in [-0.4, -0.2) is 30.3 Å². The Morgan fingerprint density at radius 2 is 1.71 bits per heavy atom. The summed E-state index contributed by atoms with van der Waals surface area (Å²) in [7, 11) is 0. The molecule has 0 spiro atoms. The van der Waals surface area contributed by atoms with Gasteiger partial charge in [-0.05, 0) is 60.9 Å². The molecule has 1 saturated carbocycles. The molecule has 1 aliphatic carbocycles. The van der Waals surface area contributed by atoms with E-state index < -0.39 is 41.9 Å². The van der Waals surface area contributed by atoms with E-state index in [0.29, 0.717) is 5.56 Å². The molecule has 0 radical (unpaired) electrons. The van der Waals surface area contributed by atoms with Crippen LogP contribution in [0.4, 0.5) is 14.5 Å². The molecule has 4 rings (SSSR count). The maximum absolute atomic E-state index is 14.2. The maximum Gasteiger partial charge on any atom is 0.287 e. The van der Waals surface area contributed by atoms with Crippen LogP contribution in [0.25, 0.3) is 0 Å². The fourth-order valence-corrected chi connectivity index (χ4v) is 4.21. The second-order valence-corrected chi connectivity index (χ2v) is 8.35. The number of carbonyl (C=O) groups is 3. The van der Waals surface area contributed by atoms with E-state index in [1.165, 1.54) is 60.9 Å². The van der Waals surface area contributed by atoms with Gasteiger partial charge in [-0.1, -0.05) is 31.0 Å². The highest BCUT2D eigenvalue weighted by molar-refractivity contribution is 6.04. The van der Waals surface area contributed by atoms with E-state index in [9.17, 15) is 23.2 Å². The highest BCUT2D eigenvalue weighted by atomic mass is 19.1. The molecule has 0 bridgehead atoms. The molecule has 2 aromatic carbocycles. The molecule has 1 atom stereocenters. The molecule has 1 aliphatic rings. The smallest absolute Gasteiger partial charge is 0.287 e. The fourth-order valence-electron chi connectivity index (χ4n) is 4.21. The second-order valence-electron chi connectivity index (χ2n) is 8.35. The van der Waals surface area contributed by atoms with Crippen LogP contribution >= 0.6 is 0 Å². The SMILES string of the molecule is O=C(NCC(=O)N(c1cccc(F)c1)[C@@H](C(=O)NC1CCCC1)c1ccc(F)cc1)c1ccco1. The van der Waals surface area contributed by atoms with Gasteiger partial charge in [-0.3, -0.25) is 19.3 Å². The van der Waals surface area contributed by atoms with E-state index in [1.54, 1.807) is 0 Å². The lowest BCUT2D eigenvalue weighted by Gasteiger charge is -2.32. The predicted molar refractivity (Wildman–Crippen MR) is 124 cm³/mol. The quantitative estimate of drug-likeness (QED) is 0.506. The van der Waals surface area contributed by atoms with E-state index in [1.807, 2.05) is 0 Å². The Kier molecular flexibility index (Phi) is 7.54. The minimum atomic E-state index is -1.22. The van der Waals surface area contributed by atoms with Gasteiger partial charge in [0.05, 0.1) is 12.8 Å². The normalized spacial score (nSPS) is 14.3. The van der Waals surface area contributed by atoms with E-state index in [2.05, 4.69) is 10.6 Å². The average Bonchev–Trinajstić information content (AvgIpc) is 3.56. The van der Waals surface area contributed by atoms with Crippen LogP contribution in [0.2, 0.25) is 0 Å². The Labute approximate surface area is 201 Å². The van der Waals surface area contributed by atoms with Gasteiger partial charge in [0.2, 0.25) is 11.8 Å². The Hall–Kier alpha value is -4.01. The molecular weight excluding hydrogens is 456 g/mol. The van der Waals surface area contributed by atoms with Crippen LogP contribution in [0.3, 0.4) is 0 Å². The summed E-state index contributed by atoms with van der Waals surface area (Å²) in [5.41, 5.74) is 0.468. The Balaban J connectivity index is 1.68. The maximum atomic E-state index is 14.2. The third-order valence-corrected chi connectivity index (χ3v) is 5.89. The van der Waals surface area contributed by atoms with Crippen LogP contribution in [0.15, 0.2) is 71.3 Å². The number of nitrogens with zero attached hydrogens (tertiary/aromatic N) is 1. The van der Waals surface area contributed by atoms with Gasteiger partial charge in [-0.2, -0.15) is 0 Å². The summed E-state index contributed by atoms with van der Waals surface area (Å²) >= 11 is 0. The standard InChI is InChI=1S/C26H25F2N3O4/c27-18-12-10-17(11-13-18)24(26(34)30-20-6-1-2-7-20)31(21-8-3-5-19(28)15-21)23(32)16-29-25(33)22-9-4-14-35-22/h3-5,8-15,20,24H,1-2,6-7,16H2,(H,29,33)(H,30,34)/t24-/m1/s1. The van der Waals surface area contributed by atoms with Crippen molar-refractivity contribution in [2.45, 2.75) is 37.8 Å². The van der Waals surface area contributed by atoms with Gasteiger partial charge < -0.3 is 15.1 Å². The Morgan fingerprint density at radius 1 is 0.971 bits per heavy atom. The third-order valence-electron chi connectivity index (χ3n) is 5.89. The molecule has 2 N–H and O–H groups in total. The van der Waals surface area contributed by atoms with E-state index in [4.69, 9.17) is 4.42 Å². The van der Waals surface area contributed by atoms with Crippen molar-refractivity contribution in [3.05, 3.63) is 89.9 Å². The number of hydrogen-bond donors (Lipinski definition) is 2. The zero-order valence-electron chi connectivity index (χ0n) is 18.9. The van der Waals surface area contributed by atoms with Crippen molar-refractivity contribution >= 4 is 23.4 Å². The van der Waals surface area contributed by atoms with Gasteiger partial charge >= 0.3 is 0 Å². The highest BCUT2D eigenvalue weighted by Crippen LogP contribution is 2.30.